The van der Waals surface area contributed by atoms with Crippen LogP contribution in [0.3, 0.4) is 0 Å². The molecule has 0 atom stereocenters. The van der Waals surface area contributed by atoms with Gasteiger partial charge in [0.2, 0.25) is 0 Å². The Morgan fingerprint density at radius 3 is 2.30 bits per heavy atom. The summed E-state index contributed by atoms with van der Waals surface area (Å²) in [6.45, 7) is 2.06. The van der Waals surface area contributed by atoms with E-state index >= 15 is 0 Å². The van der Waals surface area contributed by atoms with Crippen molar-refractivity contribution in [1.82, 2.24) is 5.32 Å². The molecular formula is C24H31NO5. The first-order valence-corrected chi connectivity index (χ1v) is 10.5. The summed E-state index contributed by atoms with van der Waals surface area (Å²) < 4.78 is 21.8. The topological polar surface area (TPSA) is 66.0 Å². The molecule has 6 heteroatoms. The molecule has 0 heterocycles. The van der Waals surface area contributed by atoms with E-state index in [2.05, 4.69) is 5.32 Å². The number of para-hydroxylation sites is 1. The molecule has 6 nitrogen and oxygen atoms in total. The SMILES string of the molecule is COCOc1ccc(C(=O)NC[C@H]2CC[C@@H](OCCOc3ccccc3)CC2)cc1. The first kappa shape index (κ1) is 22.1. The van der Waals surface area contributed by atoms with Crippen molar-refractivity contribution < 1.29 is 23.7 Å². The number of methoxy groups -OCH3 is 1. The third-order valence-corrected chi connectivity index (χ3v) is 5.25. The van der Waals surface area contributed by atoms with Crippen LogP contribution in [0.25, 0.3) is 0 Å². The lowest BCUT2D eigenvalue weighted by molar-refractivity contribution is 0.00439. The van der Waals surface area contributed by atoms with Crippen LogP contribution in [0.4, 0.5) is 0 Å². The molecule has 0 spiro atoms. The molecule has 2 aromatic carbocycles. The van der Waals surface area contributed by atoms with E-state index < -0.39 is 0 Å². The molecule has 0 saturated heterocycles. The molecule has 0 aliphatic heterocycles. The third-order valence-electron chi connectivity index (χ3n) is 5.25. The highest BCUT2D eigenvalue weighted by molar-refractivity contribution is 5.94. The first-order chi connectivity index (χ1) is 14.7. The Morgan fingerprint density at radius 1 is 0.900 bits per heavy atom. The predicted molar refractivity (Wildman–Crippen MR) is 115 cm³/mol. The number of rotatable bonds is 11. The average molecular weight is 414 g/mol. The molecule has 2 aromatic rings. The number of hydrogen-bond donors (Lipinski definition) is 1. The summed E-state index contributed by atoms with van der Waals surface area (Å²) in [6.07, 6.45) is 4.47. The normalized spacial score (nSPS) is 18.6. The quantitative estimate of drug-likeness (QED) is 0.445. The second-order valence-electron chi connectivity index (χ2n) is 7.46. The molecule has 0 bridgehead atoms. The van der Waals surface area contributed by atoms with Crippen LogP contribution < -0.4 is 14.8 Å². The molecule has 0 unspecified atom stereocenters. The minimum absolute atomic E-state index is 0.0512. The van der Waals surface area contributed by atoms with Gasteiger partial charge in [0.05, 0.1) is 12.7 Å². The van der Waals surface area contributed by atoms with Gasteiger partial charge < -0.3 is 24.3 Å². The third kappa shape index (κ3) is 7.35. The van der Waals surface area contributed by atoms with Gasteiger partial charge in [-0.05, 0) is 68.0 Å². The van der Waals surface area contributed by atoms with Crippen LogP contribution in [0.2, 0.25) is 0 Å². The van der Waals surface area contributed by atoms with E-state index in [1.807, 2.05) is 30.3 Å². The van der Waals surface area contributed by atoms with Crippen LogP contribution in [0.5, 0.6) is 11.5 Å². The summed E-state index contributed by atoms with van der Waals surface area (Å²) in [6, 6.07) is 16.9. The van der Waals surface area contributed by atoms with E-state index in [-0.39, 0.29) is 18.8 Å². The second kappa shape index (κ2) is 12.2. The highest BCUT2D eigenvalue weighted by atomic mass is 16.7. The van der Waals surface area contributed by atoms with E-state index in [9.17, 15) is 4.79 Å². The standard InChI is InChI=1S/C24H31NO5/c1-27-18-30-23-13-9-20(10-14-23)24(26)25-17-19-7-11-22(12-8-19)29-16-15-28-21-5-3-2-4-6-21/h2-6,9-10,13-14,19,22H,7-8,11-12,15-18H2,1H3,(H,25,26)/t19-,22+. The maximum absolute atomic E-state index is 12.4. The van der Waals surface area contributed by atoms with E-state index in [0.29, 0.717) is 37.0 Å². The maximum atomic E-state index is 12.4. The van der Waals surface area contributed by atoms with Crippen molar-refractivity contribution in [3.8, 4) is 11.5 Å². The van der Waals surface area contributed by atoms with Gasteiger partial charge in [0.15, 0.2) is 6.79 Å². The Kier molecular flexibility index (Phi) is 9.00. The van der Waals surface area contributed by atoms with Gasteiger partial charge in [-0.3, -0.25) is 4.79 Å². The van der Waals surface area contributed by atoms with E-state index in [0.717, 1.165) is 31.4 Å². The monoisotopic (exact) mass is 413 g/mol. The van der Waals surface area contributed by atoms with Crippen molar-refractivity contribution in [2.45, 2.75) is 31.8 Å². The van der Waals surface area contributed by atoms with Gasteiger partial charge in [0.1, 0.15) is 18.1 Å². The fourth-order valence-corrected chi connectivity index (χ4v) is 3.56. The van der Waals surface area contributed by atoms with Crippen molar-refractivity contribution in [1.29, 1.82) is 0 Å². The molecule has 3 rings (SSSR count). The summed E-state index contributed by atoms with van der Waals surface area (Å²) in [5.74, 6) is 2.00. The summed E-state index contributed by atoms with van der Waals surface area (Å²) >= 11 is 0. The highest BCUT2D eigenvalue weighted by Crippen LogP contribution is 2.26. The van der Waals surface area contributed by atoms with Crippen molar-refractivity contribution in [2.75, 3.05) is 33.7 Å². The molecule has 162 valence electrons. The zero-order valence-electron chi connectivity index (χ0n) is 17.5. The van der Waals surface area contributed by atoms with Crippen molar-refractivity contribution >= 4 is 5.91 Å². The number of amides is 1. The molecule has 1 aliphatic carbocycles. The number of carbonyl (C=O) groups is 1. The van der Waals surface area contributed by atoms with Crippen molar-refractivity contribution in [3.63, 3.8) is 0 Å². The number of ether oxygens (including phenoxy) is 4. The molecule has 1 saturated carbocycles. The van der Waals surface area contributed by atoms with Gasteiger partial charge >= 0.3 is 0 Å². The van der Waals surface area contributed by atoms with Crippen LogP contribution in [-0.4, -0.2) is 45.7 Å². The van der Waals surface area contributed by atoms with Crippen molar-refractivity contribution in [3.05, 3.63) is 60.2 Å². The molecule has 0 radical (unpaired) electrons. The van der Waals surface area contributed by atoms with Crippen LogP contribution in [0, 0.1) is 5.92 Å². The smallest absolute Gasteiger partial charge is 0.251 e. The predicted octanol–water partition coefficient (Wildman–Crippen LogP) is 4.05. The lowest BCUT2D eigenvalue weighted by atomic mass is 9.87. The lowest BCUT2D eigenvalue weighted by Gasteiger charge is -2.28. The maximum Gasteiger partial charge on any atom is 0.251 e. The van der Waals surface area contributed by atoms with Gasteiger partial charge in [0.25, 0.3) is 5.91 Å². The Bertz CT molecular complexity index is 742. The number of nitrogens with one attached hydrogen (secondary N) is 1. The Hall–Kier alpha value is -2.57. The fraction of sp³-hybridized carbons (Fsp3) is 0.458. The number of carbonyl (C=O) groups excluding carboxylic acids is 1. The van der Waals surface area contributed by atoms with Crippen LogP contribution in [0.15, 0.2) is 54.6 Å². The van der Waals surface area contributed by atoms with Gasteiger partial charge in [0, 0.05) is 19.2 Å². The Morgan fingerprint density at radius 2 is 1.60 bits per heavy atom. The molecule has 1 aliphatic rings. The van der Waals surface area contributed by atoms with Crippen LogP contribution in [0.1, 0.15) is 36.0 Å². The average Bonchev–Trinajstić information content (AvgIpc) is 2.80. The molecule has 1 N–H and O–H groups in total. The molecule has 30 heavy (non-hydrogen) atoms. The molecule has 0 aromatic heterocycles. The molecule has 1 amide bonds. The Balaban J connectivity index is 1.28. The summed E-state index contributed by atoms with van der Waals surface area (Å²) in [4.78, 5) is 12.4. The number of hydrogen-bond acceptors (Lipinski definition) is 5. The van der Waals surface area contributed by atoms with E-state index in [4.69, 9.17) is 18.9 Å². The minimum atomic E-state index is -0.0512. The molecule has 1 fully saturated rings. The van der Waals surface area contributed by atoms with Gasteiger partial charge in [-0.15, -0.1) is 0 Å². The van der Waals surface area contributed by atoms with Gasteiger partial charge in [-0.1, -0.05) is 18.2 Å². The van der Waals surface area contributed by atoms with Crippen LogP contribution in [-0.2, 0) is 9.47 Å². The number of benzene rings is 2. The first-order valence-electron chi connectivity index (χ1n) is 10.5. The van der Waals surface area contributed by atoms with E-state index in [1.54, 1.807) is 31.4 Å². The fourth-order valence-electron chi connectivity index (χ4n) is 3.56. The van der Waals surface area contributed by atoms with Crippen LogP contribution >= 0.6 is 0 Å². The van der Waals surface area contributed by atoms with E-state index in [1.165, 1.54) is 0 Å². The summed E-state index contributed by atoms with van der Waals surface area (Å²) in [5.41, 5.74) is 0.634. The Labute approximate surface area is 178 Å². The molecular weight excluding hydrogens is 382 g/mol. The zero-order valence-corrected chi connectivity index (χ0v) is 17.5. The second-order valence-corrected chi connectivity index (χ2v) is 7.46. The lowest BCUT2D eigenvalue weighted by Crippen LogP contribution is -2.33. The van der Waals surface area contributed by atoms with Gasteiger partial charge in [-0.2, -0.15) is 0 Å². The largest absolute Gasteiger partial charge is 0.491 e. The summed E-state index contributed by atoms with van der Waals surface area (Å²) in [7, 11) is 1.57. The van der Waals surface area contributed by atoms with Gasteiger partial charge in [-0.25, -0.2) is 0 Å². The zero-order chi connectivity index (χ0) is 21.0. The minimum Gasteiger partial charge on any atom is -0.491 e. The summed E-state index contributed by atoms with van der Waals surface area (Å²) in [5, 5.41) is 3.05. The van der Waals surface area contributed by atoms with Crippen molar-refractivity contribution in [2.24, 2.45) is 5.92 Å². The highest BCUT2D eigenvalue weighted by Gasteiger charge is 2.22.